The number of halogens is 12. The Labute approximate surface area is 117 Å². The van der Waals surface area contributed by atoms with Gasteiger partial charge in [0.2, 0.25) is 0 Å². The molecule has 0 aromatic heterocycles. The van der Waals surface area contributed by atoms with E-state index >= 15 is 0 Å². The summed E-state index contributed by atoms with van der Waals surface area (Å²) in [4.78, 5) is 0. The summed E-state index contributed by atoms with van der Waals surface area (Å²) in [6, 6.07) is 0. The highest BCUT2D eigenvalue weighted by atomic mass is 127. The molecule has 0 aliphatic rings. The highest BCUT2D eigenvalue weighted by Crippen LogP contribution is 2.49. The van der Waals surface area contributed by atoms with Crippen LogP contribution in [-0.4, -0.2) is 35.2 Å². The summed E-state index contributed by atoms with van der Waals surface area (Å²) in [5.74, 6) is -10.1. The lowest BCUT2D eigenvalue weighted by molar-refractivity contribution is -0.430. The van der Waals surface area contributed by atoms with Gasteiger partial charge in [0, 0.05) is 4.43 Å². The maximum absolute atomic E-state index is 13.0. The van der Waals surface area contributed by atoms with Gasteiger partial charge in [-0.1, -0.05) is 22.6 Å². The lowest BCUT2D eigenvalue weighted by Gasteiger charge is -2.33. The van der Waals surface area contributed by atoms with Gasteiger partial charge in [-0.2, -0.15) is 43.9 Å². The number of hydrogen-bond acceptors (Lipinski definition) is 1. The predicted octanol–water partition coefficient (Wildman–Crippen LogP) is 4.70. The van der Waals surface area contributed by atoms with Crippen LogP contribution in [0.15, 0.2) is 0 Å². The molecule has 0 heterocycles. The average molecular weight is 440 g/mol. The van der Waals surface area contributed by atoms with Crippen LogP contribution in [0.4, 0.5) is 48.3 Å². The van der Waals surface area contributed by atoms with Gasteiger partial charge in [0.25, 0.3) is 6.36 Å². The van der Waals surface area contributed by atoms with E-state index < -0.39 is 41.1 Å². The monoisotopic (exact) mass is 440 g/mol. The minimum absolute atomic E-state index is 0.685. The summed E-state index contributed by atoms with van der Waals surface area (Å²) >= 11 is 0.685. The van der Waals surface area contributed by atoms with Gasteiger partial charge in [-0.05, 0) is 0 Å². The van der Waals surface area contributed by atoms with Crippen LogP contribution in [-0.2, 0) is 4.74 Å². The first-order valence-electron chi connectivity index (χ1n) is 4.34. The Morgan fingerprint density at radius 1 is 0.800 bits per heavy atom. The van der Waals surface area contributed by atoms with E-state index in [0.29, 0.717) is 22.6 Å². The van der Waals surface area contributed by atoms with E-state index in [2.05, 4.69) is 4.74 Å². The molecule has 1 nitrogen and oxygen atoms in total. The molecule has 20 heavy (non-hydrogen) atoms. The standard InChI is InChI=1S/C7H4F11IO/c8-3(6(14,15)16)20-7(17,18)4(9,10)2(1-19)5(11,12)13/h2-3H,1H2/t2-,3+/m1/s1. The van der Waals surface area contributed by atoms with E-state index in [0.717, 1.165) is 0 Å². The van der Waals surface area contributed by atoms with Crippen LogP contribution in [0.3, 0.4) is 0 Å². The molecule has 0 aromatic rings. The lowest BCUT2D eigenvalue weighted by Crippen LogP contribution is -2.55. The average Bonchev–Trinajstić information content (AvgIpc) is 2.12. The molecule has 0 saturated heterocycles. The molecule has 0 radical (unpaired) electrons. The van der Waals surface area contributed by atoms with Crippen molar-refractivity contribution in [3.05, 3.63) is 0 Å². The molecule has 0 N–H and O–H groups in total. The molecular weight excluding hydrogens is 436 g/mol. The second-order valence-corrected chi connectivity index (χ2v) is 4.24. The van der Waals surface area contributed by atoms with E-state index in [9.17, 15) is 48.3 Å². The van der Waals surface area contributed by atoms with Crippen molar-refractivity contribution in [2.75, 3.05) is 4.43 Å². The van der Waals surface area contributed by atoms with Gasteiger partial charge in [-0.25, -0.2) is 4.39 Å². The Morgan fingerprint density at radius 3 is 1.45 bits per heavy atom. The van der Waals surface area contributed by atoms with E-state index in [-0.39, 0.29) is 0 Å². The molecule has 0 aliphatic carbocycles. The van der Waals surface area contributed by atoms with Gasteiger partial charge < -0.3 is 0 Å². The van der Waals surface area contributed by atoms with Crippen molar-refractivity contribution < 1.29 is 53.0 Å². The normalized spacial score (nSPS) is 18.0. The molecule has 0 aliphatic heterocycles. The Hall–Kier alpha value is -0.0800. The van der Waals surface area contributed by atoms with Crippen LogP contribution in [0.1, 0.15) is 0 Å². The van der Waals surface area contributed by atoms with Crippen LogP contribution in [0.5, 0.6) is 0 Å². The highest BCUT2D eigenvalue weighted by molar-refractivity contribution is 14.1. The third-order valence-corrected chi connectivity index (χ3v) is 2.76. The molecule has 0 bridgehead atoms. The maximum Gasteiger partial charge on any atom is 0.445 e. The molecule has 0 aromatic carbocycles. The number of rotatable bonds is 5. The first-order chi connectivity index (χ1) is 8.57. The predicted molar refractivity (Wildman–Crippen MR) is 50.4 cm³/mol. The fourth-order valence-corrected chi connectivity index (χ4v) is 1.92. The third-order valence-electron chi connectivity index (χ3n) is 1.88. The fraction of sp³-hybridized carbons (Fsp3) is 1.00. The van der Waals surface area contributed by atoms with Crippen molar-refractivity contribution in [1.29, 1.82) is 0 Å². The van der Waals surface area contributed by atoms with Gasteiger partial charge in [0.1, 0.15) is 5.92 Å². The quantitative estimate of drug-likeness (QED) is 0.342. The van der Waals surface area contributed by atoms with Crippen LogP contribution in [0.25, 0.3) is 0 Å². The second kappa shape index (κ2) is 5.96. The maximum atomic E-state index is 13.0. The molecule has 122 valence electrons. The highest BCUT2D eigenvalue weighted by Gasteiger charge is 2.71. The lowest BCUT2D eigenvalue weighted by atomic mass is 10.0. The van der Waals surface area contributed by atoms with E-state index in [1.165, 1.54) is 0 Å². The van der Waals surface area contributed by atoms with E-state index in [1.54, 1.807) is 0 Å². The molecule has 0 saturated carbocycles. The molecular formula is C7H4F11IO. The Morgan fingerprint density at radius 2 is 1.20 bits per heavy atom. The molecule has 13 heteroatoms. The molecule has 0 amide bonds. The van der Waals surface area contributed by atoms with Crippen molar-refractivity contribution in [1.82, 2.24) is 0 Å². The molecule has 0 unspecified atom stereocenters. The van der Waals surface area contributed by atoms with E-state index in [1.807, 2.05) is 0 Å². The second-order valence-electron chi connectivity index (χ2n) is 3.36. The summed E-state index contributed by atoms with van der Waals surface area (Å²) in [5.41, 5.74) is 0. The van der Waals surface area contributed by atoms with Crippen LogP contribution < -0.4 is 0 Å². The van der Waals surface area contributed by atoms with Gasteiger partial charge in [0.15, 0.2) is 0 Å². The summed E-state index contributed by atoms with van der Waals surface area (Å²) < 4.78 is 135. The Balaban J connectivity index is 5.35. The molecule has 0 fully saturated rings. The fourth-order valence-electron chi connectivity index (χ4n) is 0.868. The molecule has 0 rings (SSSR count). The Bertz CT molecular complexity index is 322. The Kier molecular flexibility index (Phi) is 5.94. The summed E-state index contributed by atoms with van der Waals surface area (Å²) in [5, 5.41) is 0. The van der Waals surface area contributed by atoms with Crippen molar-refractivity contribution in [2.45, 2.75) is 30.7 Å². The van der Waals surface area contributed by atoms with Crippen LogP contribution in [0.2, 0.25) is 0 Å². The minimum atomic E-state index is -6.30. The van der Waals surface area contributed by atoms with Gasteiger partial charge in [-0.15, -0.1) is 0 Å². The topological polar surface area (TPSA) is 9.23 Å². The van der Waals surface area contributed by atoms with Crippen molar-refractivity contribution in [3.8, 4) is 0 Å². The first-order valence-corrected chi connectivity index (χ1v) is 5.86. The first kappa shape index (κ1) is 19.9. The van der Waals surface area contributed by atoms with E-state index in [4.69, 9.17) is 0 Å². The van der Waals surface area contributed by atoms with Gasteiger partial charge >= 0.3 is 24.4 Å². The largest absolute Gasteiger partial charge is 0.445 e. The zero-order valence-corrected chi connectivity index (χ0v) is 11.0. The summed E-state index contributed by atoms with van der Waals surface area (Å²) in [7, 11) is 0. The van der Waals surface area contributed by atoms with Gasteiger partial charge in [-0.3, -0.25) is 4.74 Å². The summed E-state index contributed by atoms with van der Waals surface area (Å²) in [6.07, 6.45) is -23.1. The number of ether oxygens (including phenoxy) is 1. The van der Waals surface area contributed by atoms with Gasteiger partial charge in [0.05, 0.1) is 0 Å². The van der Waals surface area contributed by atoms with Crippen molar-refractivity contribution in [3.63, 3.8) is 0 Å². The molecule has 2 atom stereocenters. The van der Waals surface area contributed by atoms with Crippen LogP contribution >= 0.6 is 22.6 Å². The number of alkyl halides is 12. The summed E-state index contributed by atoms with van der Waals surface area (Å²) in [6.45, 7) is 0. The minimum Gasteiger partial charge on any atom is -0.272 e. The van der Waals surface area contributed by atoms with Crippen LogP contribution in [0, 0.1) is 5.92 Å². The zero-order chi connectivity index (χ0) is 16.6. The van der Waals surface area contributed by atoms with Crippen molar-refractivity contribution >= 4 is 22.6 Å². The molecule has 0 spiro atoms. The van der Waals surface area contributed by atoms with Crippen molar-refractivity contribution in [2.24, 2.45) is 5.92 Å². The third kappa shape index (κ3) is 4.46. The number of hydrogen-bond donors (Lipinski definition) is 0. The zero-order valence-electron chi connectivity index (χ0n) is 8.81. The smallest absolute Gasteiger partial charge is 0.272 e. The SMILES string of the molecule is F[C@@H](OC(F)(F)C(F)(F)[C@@H](CI)C(F)(F)F)C(F)(F)F.